The molecule has 2 amide bonds. The van der Waals surface area contributed by atoms with Crippen molar-refractivity contribution >= 4 is 57.8 Å². The Balaban J connectivity index is 1.49. The van der Waals surface area contributed by atoms with E-state index in [9.17, 15) is 14.7 Å². The van der Waals surface area contributed by atoms with Gasteiger partial charge in [-0.3, -0.25) is 14.5 Å². The molecule has 2 aromatic carbocycles. The first kappa shape index (κ1) is 21.4. The lowest BCUT2D eigenvalue weighted by molar-refractivity contribution is -0.123. The molecule has 29 heavy (non-hydrogen) atoms. The molecular weight excluding hydrogens is 428 g/mol. The van der Waals surface area contributed by atoms with Gasteiger partial charge in [-0.15, -0.1) is 0 Å². The highest BCUT2D eigenvalue weighted by Crippen LogP contribution is 2.33. The van der Waals surface area contributed by atoms with E-state index in [1.807, 2.05) is 30.3 Å². The second-order valence-corrected chi connectivity index (χ2v) is 8.45. The summed E-state index contributed by atoms with van der Waals surface area (Å²) < 4.78 is 0.435. The van der Waals surface area contributed by atoms with E-state index in [1.54, 1.807) is 24.3 Å². The first-order valence-corrected chi connectivity index (χ1v) is 10.6. The van der Waals surface area contributed by atoms with Crippen LogP contribution in [0.1, 0.15) is 17.5 Å². The SMILES string of the molecule is O=C(CCN1C(=O)/C(=C/c2ccccc2Cl)SC1=S)NCCc1ccc(O)cc1. The Morgan fingerprint density at radius 2 is 1.93 bits per heavy atom. The molecule has 1 heterocycles. The third kappa shape index (κ3) is 5.82. The van der Waals surface area contributed by atoms with Crippen LogP contribution >= 0.6 is 35.6 Å². The zero-order valence-corrected chi connectivity index (χ0v) is 17.8. The van der Waals surface area contributed by atoms with E-state index in [2.05, 4.69) is 5.32 Å². The summed E-state index contributed by atoms with van der Waals surface area (Å²) in [5, 5.41) is 12.7. The monoisotopic (exact) mass is 446 g/mol. The maximum absolute atomic E-state index is 12.6. The van der Waals surface area contributed by atoms with Crippen molar-refractivity contribution in [1.29, 1.82) is 0 Å². The van der Waals surface area contributed by atoms with Crippen molar-refractivity contribution in [1.82, 2.24) is 10.2 Å². The number of carbonyl (C=O) groups excluding carboxylic acids is 2. The van der Waals surface area contributed by atoms with Crippen molar-refractivity contribution in [3.05, 3.63) is 69.6 Å². The van der Waals surface area contributed by atoms with Gasteiger partial charge in [0.25, 0.3) is 5.91 Å². The van der Waals surface area contributed by atoms with E-state index in [-0.39, 0.29) is 30.5 Å². The molecule has 0 aromatic heterocycles. The van der Waals surface area contributed by atoms with Crippen LogP contribution in [0.3, 0.4) is 0 Å². The quantitative estimate of drug-likeness (QED) is 0.497. The van der Waals surface area contributed by atoms with Crippen LogP contribution in [0.2, 0.25) is 5.02 Å². The lowest BCUT2D eigenvalue weighted by Crippen LogP contribution is -2.34. The summed E-state index contributed by atoms with van der Waals surface area (Å²) in [6.45, 7) is 0.712. The number of nitrogens with one attached hydrogen (secondary N) is 1. The molecule has 1 aliphatic rings. The first-order valence-electron chi connectivity index (χ1n) is 8.98. The third-order valence-electron chi connectivity index (χ3n) is 4.30. The summed E-state index contributed by atoms with van der Waals surface area (Å²) in [6, 6.07) is 14.1. The normalized spacial score (nSPS) is 15.2. The van der Waals surface area contributed by atoms with Crippen LogP contribution in [0.25, 0.3) is 6.08 Å². The topological polar surface area (TPSA) is 69.6 Å². The molecule has 0 bridgehead atoms. The van der Waals surface area contributed by atoms with Gasteiger partial charge in [-0.1, -0.05) is 65.9 Å². The van der Waals surface area contributed by atoms with Gasteiger partial charge in [0.1, 0.15) is 10.1 Å². The highest BCUT2D eigenvalue weighted by Gasteiger charge is 2.32. The highest BCUT2D eigenvalue weighted by atomic mass is 35.5. The van der Waals surface area contributed by atoms with Crippen LogP contribution in [0.4, 0.5) is 0 Å². The number of rotatable bonds is 7. The molecule has 150 valence electrons. The predicted molar refractivity (Wildman–Crippen MR) is 121 cm³/mol. The lowest BCUT2D eigenvalue weighted by atomic mass is 10.1. The largest absolute Gasteiger partial charge is 0.508 e. The fourth-order valence-corrected chi connectivity index (χ4v) is 4.23. The van der Waals surface area contributed by atoms with Crippen LogP contribution in [-0.2, 0) is 16.0 Å². The number of phenolic OH excluding ortho intramolecular Hbond substituents is 1. The highest BCUT2D eigenvalue weighted by molar-refractivity contribution is 8.26. The Kier molecular flexibility index (Phi) is 7.30. The zero-order valence-electron chi connectivity index (χ0n) is 15.4. The fourth-order valence-electron chi connectivity index (χ4n) is 2.74. The molecular formula is C21H19ClN2O3S2. The zero-order chi connectivity index (χ0) is 20.8. The van der Waals surface area contributed by atoms with E-state index in [0.29, 0.717) is 27.2 Å². The second kappa shape index (κ2) is 9.91. The summed E-state index contributed by atoms with van der Waals surface area (Å²) in [5.74, 6) is -0.144. The smallest absolute Gasteiger partial charge is 0.266 e. The van der Waals surface area contributed by atoms with Crippen LogP contribution in [0.15, 0.2) is 53.4 Å². The van der Waals surface area contributed by atoms with Crippen LogP contribution in [0, 0.1) is 0 Å². The summed E-state index contributed by atoms with van der Waals surface area (Å²) >= 11 is 12.7. The number of nitrogens with zero attached hydrogens (tertiary/aromatic N) is 1. The lowest BCUT2D eigenvalue weighted by Gasteiger charge is -2.14. The van der Waals surface area contributed by atoms with Crippen LogP contribution < -0.4 is 5.32 Å². The number of carbonyl (C=O) groups is 2. The summed E-state index contributed by atoms with van der Waals surface area (Å²) in [5.41, 5.74) is 1.77. The summed E-state index contributed by atoms with van der Waals surface area (Å²) in [7, 11) is 0. The number of amides is 2. The molecule has 2 aromatic rings. The molecule has 0 atom stereocenters. The van der Waals surface area contributed by atoms with Gasteiger partial charge in [0.2, 0.25) is 5.91 Å². The van der Waals surface area contributed by atoms with E-state index >= 15 is 0 Å². The van der Waals surface area contributed by atoms with E-state index in [4.69, 9.17) is 23.8 Å². The third-order valence-corrected chi connectivity index (χ3v) is 6.02. The number of hydrogen-bond acceptors (Lipinski definition) is 5. The summed E-state index contributed by atoms with van der Waals surface area (Å²) in [4.78, 5) is 26.7. The standard InChI is InChI=1S/C21H19ClN2O3S2/c22-17-4-2-1-3-15(17)13-18-20(27)24(21(28)29-18)12-10-19(26)23-11-9-14-5-7-16(25)8-6-14/h1-8,13,25H,9-12H2,(H,23,26)/b18-13-. The van der Waals surface area contributed by atoms with Crippen molar-refractivity contribution in [2.24, 2.45) is 0 Å². The number of thiocarbonyl (C=S) groups is 1. The average molecular weight is 447 g/mol. The van der Waals surface area contributed by atoms with Gasteiger partial charge >= 0.3 is 0 Å². The van der Waals surface area contributed by atoms with Gasteiger partial charge in [-0.2, -0.15) is 0 Å². The number of benzene rings is 2. The predicted octanol–water partition coefficient (Wildman–Crippen LogP) is 4.00. The Bertz CT molecular complexity index is 961. The molecule has 8 heteroatoms. The number of thioether (sulfide) groups is 1. The maximum atomic E-state index is 12.6. The molecule has 0 saturated carbocycles. The number of phenols is 1. The van der Waals surface area contributed by atoms with E-state index in [0.717, 1.165) is 11.1 Å². The van der Waals surface area contributed by atoms with Gasteiger partial charge in [-0.05, 0) is 41.8 Å². The minimum atomic E-state index is -0.211. The molecule has 5 nitrogen and oxygen atoms in total. The van der Waals surface area contributed by atoms with Gasteiger partial charge in [0, 0.05) is 24.5 Å². The van der Waals surface area contributed by atoms with E-state index in [1.165, 1.54) is 16.7 Å². The molecule has 1 aliphatic heterocycles. The number of aromatic hydroxyl groups is 1. The Labute approximate surface area is 183 Å². The Hall–Kier alpha value is -2.35. The van der Waals surface area contributed by atoms with Crippen molar-refractivity contribution < 1.29 is 14.7 Å². The minimum absolute atomic E-state index is 0.145. The Morgan fingerprint density at radius 3 is 2.66 bits per heavy atom. The second-order valence-electron chi connectivity index (χ2n) is 6.37. The van der Waals surface area contributed by atoms with Gasteiger partial charge in [-0.25, -0.2) is 0 Å². The first-order chi connectivity index (χ1) is 13.9. The Morgan fingerprint density at radius 1 is 1.21 bits per heavy atom. The average Bonchev–Trinajstić information content (AvgIpc) is 2.96. The van der Waals surface area contributed by atoms with Crippen molar-refractivity contribution in [2.45, 2.75) is 12.8 Å². The van der Waals surface area contributed by atoms with Gasteiger partial charge < -0.3 is 10.4 Å². The molecule has 1 saturated heterocycles. The van der Waals surface area contributed by atoms with Crippen molar-refractivity contribution in [3.8, 4) is 5.75 Å². The minimum Gasteiger partial charge on any atom is -0.508 e. The van der Waals surface area contributed by atoms with Gasteiger partial charge in [0.15, 0.2) is 0 Å². The molecule has 0 radical (unpaired) electrons. The number of hydrogen-bond donors (Lipinski definition) is 2. The molecule has 3 rings (SSSR count). The van der Waals surface area contributed by atoms with Crippen molar-refractivity contribution in [2.75, 3.05) is 13.1 Å². The molecule has 2 N–H and O–H groups in total. The molecule has 0 spiro atoms. The molecule has 0 aliphatic carbocycles. The maximum Gasteiger partial charge on any atom is 0.266 e. The molecule has 0 unspecified atom stereocenters. The summed E-state index contributed by atoms with van der Waals surface area (Å²) in [6.07, 6.45) is 2.55. The van der Waals surface area contributed by atoms with E-state index < -0.39 is 0 Å². The fraction of sp³-hybridized carbons (Fsp3) is 0.190. The van der Waals surface area contributed by atoms with Crippen molar-refractivity contribution in [3.63, 3.8) is 0 Å². The van der Waals surface area contributed by atoms with Crippen LogP contribution in [-0.4, -0.2) is 39.2 Å². The number of halogens is 1. The van der Waals surface area contributed by atoms with Crippen LogP contribution in [0.5, 0.6) is 5.75 Å². The molecule has 1 fully saturated rings. The van der Waals surface area contributed by atoms with Gasteiger partial charge in [0.05, 0.1) is 4.91 Å².